The molecule has 0 aliphatic carbocycles. The van der Waals surface area contributed by atoms with E-state index < -0.39 is 42.3 Å². The number of fused-ring (bicyclic) bond motifs is 3. The van der Waals surface area contributed by atoms with E-state index in [2.05, 4.69) is 5.32 Å². The Labute approximate surface area is 163 Å². The zero-order chi connectivity index (χ0) is 20.3. The molecule has 1 aromatic carbocycles. The van der Waals surface area contributed by atoms with Crippen LogP contribution in [0.15, 0.2) is 24.3 Å². The molecule has 1 amide bonds. The van der Waals surface area contributed by atoms with Crippen LogP contribution in [0.2, 0.25) is 0 Å². The first-order valence-corrected chi connectivity index (χ1v) is 9.33. The van der Waals surface area contributed by atoms with E-state index >= 15 is 0 Å². The number of hydrogen-bond donors (Lipinski definition) is 1. The number of carbonyl (C=O) groups excluding carboxylic acids is 2. The van der Waals surface area contributed by atoms with Gasteiger partial charge >= 0.3 is 0 Å². The molecule has 3 aliphatic rings. The van der Waals surface area contributed by atoms with E-state index in [0.29, 0.717) is 11.3 Å². The monoisotopic (exact) mass is 391 g/mol. The van der Waals surface area contributed by atoms with Crippen LogP contribution in [0, 0.1) is 0 Å². The molecule has 0 radical (unpaired) electrons. The van der Waals surface area contributed by atoms with Gasteiger partial charge in [-0.25, -0.2) is 0 Å². The van der Waals surface area contributed by atoms with Crippen molar-refractivity contribution in [1.29, 1.82) is 0 Å². The molecule has 0 saturated carbocycles. The van der Waals surface area contributed by atoms with Crippen molar-refractivity contribution in [1.82, 2.24) is 0 Å². The predicted octanol–water partition coefficient (Wildman–Crippen LogP) is 2.22. The number of Topliss-reactive ketones (excluding diaryl/α,β-unsaturated/α-hetero) is 1. The van der Waals surface area contributed by atoms with Gasteiger partial charge in [0.25, 0.3) is 5.91 Å². The molecule has 8 nitrogen and oxygen atoms in total. The first-order valence-electron chi connectivity index (χ1n) is 9.33. The molecule has 8 heteroatoms. The molecule has 3 aliphatic heterocycles. The van der Waals surface area contributed by atoms with Crippen LogP contribution in [0.25, 0.3) is 0 Å². The normalized spacial score (nSPS) is 35.1. The van der Waals surface area contributed by atoms with Gasteiger partial charge in [0, 0.05) is 11.3 Å². The van der Waals surface area contributed by atoms with Crippen LogP contribution in [0.4, 0.5) is 5.69 Å². The quantitative estimate of drug-likeness (QED) is 0.790. The Bertz CT molecular complexity index is 788. The molecule has 4 rings (SSSR count). The summed E-state index contributed by atoms with van der Waals surface area (Å²) in [6, 6.07) is 6.67. The van der Waals surface area contributed by atoms with Crippen molar-refractivity contribution in [2.24, 2.45) is 0 Å². The Balaban J connectivity index is 1.54. The van der Waals surface area contributed by atoms with Gasteiger partial charge in [0.1, 0.15) is 18.3 Å². The van der Waals surface area contributed by atoms with Crippen molar-refractivity contribution in [3.8, 4) is 0 Å². The summed E-state index contributed by atoms with van der Waals surface area (Å²) in [7, 11) is 0. The Kier molecular flexibility index (Phi) is 4.59. The molecule has 1 N–H and O–H groups in total. The Morgan fingerprint density at radius 3 is 2.07 bits per heavy atom. The second-order valence-electron chi connectivity index (χ2n) is 8.21. The van der Waals surface area contributed by atoms with Crippen LogP contribution < -0.4 is 5.32 Å². The molecule has 3 heterocycles. The number of benzene rings is 1. The highest BCUT2D eigenvalue weighted by Crippen LogP contribution is 2.44. The Morgan fingerprint density at radius 2 is 1.43 bits per heavy atom. The average molecular weight is 391 g/mol. The van der Waals surface area contributed by atoms with Gasteiger partial charge in [0.15, 0.2) is 29.8 Å². The smallest absolute Gasteiger partial charge is 0.256 e. The van der Waals surface area contributed by atoms with Gasteiger partial charge in [0.05, 0.1) is 0 Å². The molecule has 3 fully saturated rings. The SMILES string of the molecule is CC(=O)c1ccc(NC(=O)[C@@H]2O[C@H]3OC(C)(C)O[C@@H]3[C@H]3OC(C)(C)O[C@H]32)cc1. The molecule has 0 spiro atoms. The molecule has 152 valence electrons. The van der Waals surface area contributed by atoms with Gasteiger partial charge in [-0.2, -0.15) is 0 Å². The highest BCUT2D eigenvalue weighted by Gasteiger charge is 2.62. The van der Waals surface area contributed by atoms with Crippen LogP contribution in [-0.2, 0) is 28.5 Å². The van der Waals surface area contributed by atoms with Gasteiger partial charge < -0.3 is 29.0 Å². The highest BCUT2D eigenvalue weighted by atomic mass is 16.9. The molecule has 5 atom stereocenters. The summed E-state index contributed by atoms with van der Waals surface area (Å²) in [5.41, 5.74) is 1.13. The standard InChI is InChI=1S/C20H25NO7/c1-10(22)11-6-8-12(9-7-11)21-17(23)15-13-14(26-19(2,3)25-13)16-18(24-15)28-20(4,5)27-16/h6-9,13-16,18H,1-5H3,(H,21,23)/t13-,14+,15-,16-,18+/m1/s1. The first kappa shape index (κ1) is 19.5. The second-order valence-corrected chi connectivity index (χ2v) is 8.21. The number of rotatable bonds is 3. The molecular weight excluding hydrogens is 366 g/mol. The minimum absolute atomic E-state index is 0.0397. The van der Waals surface area contributed by atoms with E-state index in [0.717, 1.165) is 0 Å². The molecule has 28 heavy (non-hydrogen) atoms. The molecule has 3 saturated heterocycles. The number of ketones is 1. The van der Waals surface area contributed by atoms with E-state index in [1.165, 1.54) is 6.92 Å². The number of anilines is 1. The summed E-state index contributed by atoms with van der Waals surface area (Å²) in [4.78, 5) is 24.4. The molecule has 0 bridgehead atoms. The van der Waals surface area contributed by atoms with Gasteiger partial charge in [-0.15, -0.1) is 0 Å². The van der Waals surface area contributed by atoms with E-state index in [1.54, 1.807) is 52.0 Å². The van der Waals surface area contributed by atoms with Crippen molar-refractivity contribution in [2.75, 3.05) is 5.32 Å². The fourth-order valence-electron chi connectivity index (χ4n) is 3.82. The zero-order valence-electron chi connectivity index (χ0n) is 16.6. The maximum atomic E-state index is 13.0. The van der Waals surface area contributed by atoms with E-state index in [1.807, 2.05) is 0 Å². The van der Waals surface area contributed by atoms with Crippen molar-refractivity contribution >= 4 is 17.4 Å². The maximum absolute atomic E-state index is 13.0. The van der Waals surface area contributed by atoms with Crippen molar-refractivity contribution in [3.63, 3.8) is 0 Å². The third kappa shape index (κ3) is 3.58. The summed E-state index contributed by atoms with van der Waals surface area (Å²) in [5, 5.41) is 2.81. The number of hydrogen-bond acceptors (Lipinski definition) is 7. The molecule has 1 aromatic rings. The average Bonchev–Trinajstić information content (AvgIpc) is 3.08. The van der Waals surface area contributed by atoms with Crippen LogP contribution in [0.1, 0.15) is 45.0 Å². The number of carbonyl (C=O) groups is 2. The summed E-state index contributed by atoms with van der Waals surface area (Å²) >= 11 is 0. The molecule has 0 aromatic heterocycles. The lowest BCUT2D eigenvalue weighted by molar-refractivity contribution is -0.229. The second kappa shape index (κ2) is 6.60. The van der Waals surface area contributed by atoms with Gasteiger partial charge in [-0.05, 0) is 58.9 Å². The third-order valence-electron chi connectivity index (χ3n) is 4.97. The number of ether oxygens (including phenoxy) is 5. The Morgan fingerprint density at radius 1 is 0.857 bits per heavy atom. The minimum Gasteiger partial charge on any atom is -0.342 e. The minimum atomic E-state index is -0.932. The first-order chi connectivity index (χ1) is 13.0. The summed E-state index contributed by atoms with van der Waals surface area (Å²) < 4.78 is 29.6. The lowest BCUT2D eigenvalue weighted by atomic mass is 9.98. The highest BCUT2D eigenvalue weighted by molar-refractivity contribution is 5.97. The topological polar surface area (TPSA) is 92.3 Å². The van der Waals surface area contributed by atoms with Gasteiger partial charge in [-0.1, -0.05) is 0 Å². The largest absolute Gasteiger partial charge is 0.342 e. The summed E-state index contributed by atoms with van der Waals surface area (Å²) in [6.07, 6.45) is -3.28. The number of nitrogens with one attached hydrogen (secondary N) is 1. The van der Waals surface area contributed by atoms with Gasteiger partial charge in [0.2, 0.25) is 0 Å². The van der Waals surface area contributed by atoms with E-state index in [-0.39, 0.29) is 11.7 Å². The maximum Gasteiger partial charge on any atom is 0.256 e. The zero-order valence-corrected chi connectivity index (χ0v) is 16.6. The van der Waals surface area contributed by atoms with Crippen molar-refractivity contribution in [2.45, 2.75) is 76.9 Å². The van der Waals surface area contributed by atoms with E-state index in [4.69, 9.17) is 23.7 Å². The Hall–Kier alpha value is -1.84. The lowest BCUT2D eigenvalue weighted by Gasteiger charge is -2.36. The predicted molar refractivity (Wildman–Crippen MR) is 97.6 cm³/mol. The van der Waals surface area contributed by atoms with Crippen LogP contribution in [0.5, 0.6) is 0 Å². The van der Waals surface area contributed by atoms with Crippen molar-refractivity contribution in [3.05, 3.63) is 29.8 Å². The summed E-state index contributed by atoms with van der Waals surface area (Å²) in [6.45, 7) is 8.64. The third-order valence-corrected chi connectivity index (χ3v) is 4.97. The van der Waals surface area contributed by atoms with E-state index in [9.17, 15) is 9.59 Å². The van der Waals surface area contributed by atoms with Gasteiger partial charge in [-0.3, -0.25) is 9.59 Å². The molecule has 0 unspecified atom stereocenters. The van der Waals surface area contributed by atoms with Crippen LogP contribution in [0.3, 0.4) is 0 Å². The number of amides is 1. The summed E-state index contributed by atoms with van der Waals surface area (Å²) in [5.74, 6) is -2.13. The fourth-order valence-corrected chi connectivity index (χ4v) is 3.82. The fraction of sp³-hybridized carbons (Fsp3) is 0.600. The van der Waals surface area contributed by atoms with Crippen molar-refractivity contribution < 1.29 is 33.3 Å². The van der Waals surface area contributed by atoms with Crippen LogP contribution in [-0.4, -0.2) is 54.0 Å². The molecular formula is C20H25NO7. The lowest BCUT2D eigenvalue weighted by Crippen LogP contribution is -2.58. The van der Waals surface area contributed by atoms with Crippen LogP contribution >= 0.6 is 0 Å².